The molecule has 1 amide bonds. The van der Waals surface area contributed by atoms with Crippen LogP contribution in [-0.4, -0.2) is 25.6 Å². The number of esters is 1. The first-order chi connectivity index (χ1) is 15.2. The Morgan fingerprint density at radius 1 is 1.09 bits per heavy atom. The van der Waals surface area contributed by atoms with Crippen molar-refractivity contribution in [1.82, 2.24) is 0 Å². The van der Waals surface area contributed by atoms with Crippen molar-refractivity contribution in [3.05, 3.63) is 69.8 Å². The number of benzene rings is 2. The Morgan fingerprint density at radius 3 is 2.41 bits per heavy atom. The van der Waals surface area contributed by atoms with Crippen LogP contribution in [0.25, 0.3) is 11.1 Å². The van der Waals surface area contributed by atoms with Crippen molar-refractivity contribution in [2.24, 2.45) is 0 Å². The fourth-order valence-electron chi connectivity index (χ4n) is 3.44. The number of halogens is 1. The second kappa shape index (κ2) is 9.96. The van der Waals surface area contributed by atoms with Crippen LogP contribution in [0.3, 0.4) is 0 Å². The number of ether oxygens (including phenoxy) is 2. The van der Waals surface area contributed by atoms with E-state index in [9.17, 15) is 14.0 Å². The van der Waals surface area contributed by atoms with Gasteiger partial charge in [0.25, 0.3) is 5.91 Å². The molecule has 168 valence electrons. The van der Waals surface area contributed by atoms with Crippen molar-refractivity contribution in [3.63, 3.8) is 0 Å². The Bertz CT molecular complexity index is 1140. The van der Waals surface area contributed by atoms with Gasteiger partial charge in [-0.1, -0.05) is 38.1 Å². The molecule has 3 aromatic rings. The maximum Gasteiger partial charge on any atom is 0.341 e. The predicted molar refractivity (Wildman–Crippen MR) is 125 cm³/mol. The first-order valence-corrected chi connectivity index (χ1v) is 11.0. The van der Waals surface area contributed by atoms with E-state index in [1.54, 1.807) is 12.1 Å². The highest BCUT2D eigenvalue weighted by Crippen LogP contribution is 2.40. The highest BCUT2D eigenvalue weighted by molar-refractivity contribution is 7.17. The Hall–Kier alpha value is -3.19. The highest BCUT2D eigenvalue weighted by atomic mass is 32.1. The van der Waals surface area contributed by atoms with Gasteiger partial charge < -0.3 is 14.8 Å². The van der Waals surface area contributed by atoms with E-state index in [1.807, 2.05) is 32.0 Å². The van der Waals surface area contributed by atoms with Crippen LogP contribution in [0, 0.1) is 19.7 Å². The summed E-state index contributed by atoms with van der Waals surface area (Å²) in [5.74, 6) is -0.428. The lowest BCUT2D eigenvalue weighted by Crippen LogP contribution is -2.21. The van der Waals surface area contributed by atoms with E-state index in [2.05, 4.69) is 19.2 Å². The highest BCUT2D eigenvalue weighted by Gasteiger charge is 2.25. The van der Waals surface area contributed by atoms with Gasteiger partial charge in [0.1, 0.15) is 22.1 Å². The minimum atomic E-state index is -0.578. The number of carbonyl (C=O) groups excluding carboxylic acids is 2. The van der Waals surface area contributed by atoms with Crippen LogP contribution in [0.2, 0.25) is 0 Å². The zero-order valence-electron chi connectivity index (χ0n) is 18.7. The van der Waals surface area contributed by atoms with Gasteiger partial charge in [0.2, 0.25) is 0 Å². The number of hydrogen-bond acceptors (Lipinski definition) is 5. The molecule has 2 aromatic carbocycles. The summed E-state index contributed by atoms with van der Waals surface area (Å²) in [7, 11) is 1.28. The van der Waals surface area contributed by atoms with E-state index in [0.29, 0.717) is 21.9 Å². The number of amides is 1. The summed E-state index contributed by atoms with van der Waals surface area (Å²) in [5.41, 5.74) is 3.57. The molecule has 0 aliphatic rings. The van der Waals surface area contributed by atoms with Gasteiger partial charge >= 0.3 is 5.97 Å². The number of aryl methyl sites for hydroxylation is 2. The number of rotatable bonds is 7. The third kappa shape index (κ3) is 5.16. The Morgan fingerprint density at radius 2 is 1.78 bits per heavy atom. The average molecular weight is 456 g/mol. The van der Waals surface area contributed by atoms with Gasteiger partial charge in [0.05, 0.1) is 7.11 Å². The molecule has 0 aliphatic heterocycles. The number of methoxy groups -OCH3 is 1. The summed E-state index contributed by atoms with van der Waals surface area (Å²) >= 11 is 1.26. The van der Waals surface area contributed by atoms with Gasteiger partial charge in [-0.2, -0.15) is 0 Å². The van der Waals surface area contributed by atoms with E-state index in [1.165, 1.54) is 30.6 Å². The summed E-state index contributed by atoms with van der Waals surface area (Å²) in [6, 6.07) is 11.8. The molecule has 0 spiro atoms. The van der Waals surface area contributed by atoms with Gasteiger partial charge in [0.15, 0.2) is 6.61 Å². The molecule has 0 atom stereocenters. The average Bonchev–Trinajstić information content (AvgIpc) is 3.07. The molecule has 1 N–H and O–H groups in total. The molecular formula is C25H26FNO4S. The SMILES string of the molecule is COC(=O)c1c(NC(=O)COc2cc(C)ccc2C(C)C)sc(C)c1-c1ccc(F)cc1. The van der Waals surface area contributed by atoms with Crippen LogP contribution in [-0.2, 0) is 9.53 Å². The monoisotopic (exact) mass is 455 g/mol. The second-order valence-corrected chi connectivity index (χ2v) is 8.99. The number of hydrogen-bond donors (Lipinski definition) is 1. The summed E-state index contributed by atoms with van der Waals surface area (Å²) in [6.45, 7) is 7.72. The predicted octanol–water partition coefficient (Wildman–Crippen LogP) is 6.10. The maximum atomic E-state index is 13.4. The van der Waals surface area contributed by atoms with Crippen LogP contribution in [0.1, 0.15) is 46.1 Å². The molecule has 0 saturated carbocycles. The van der Waals surface area contributed by atoms with E-state index < -0.39 is 11.9 Å². The molecule has 0 saturated heterocycles. The maximum absolute atomic E-state index is 13.4. The molecule has 5 nitrogen and oxygen atoms in total. The van der Waals surface area contributed by atoms with E-state index in [-0.39, 0.29) is 23.9 Å². The third-order valence-electron chi connectivity index (χ3n) is 5.01. The molecule has 0 aliphatic carbocycles. The van der Waals surface area contributed by atoms with Crippen LogP contribution in [0.5, 0.6) is 5.75 Å². The first kappa shape index (κ1) is 23.5. The lowest BCUT2D eigenvalue weighted by Gasteiger charge is -2.15. The Balaban J connectivity index is 1.85. The van der Waals surface area contributed by atoms with Crippen LogP contribution in [0.4, 0.5) is 9.39 Å². The number of thiophene rings is 1. The van der Waals surface area contributed by atoms with E-state index in [4.69, 9.17) is 9.47 Å². The quantitative estimate of drug-likeness (QED) is 0.437. The topological polar surface area (TPSA) is 64.6 Å². The van der Waals surface area contributed by atoms with Crippen molar-refractivity contribution >= 4 is 28.2 Å². The zero-order chi connectivity index (χ0) is 23.4. The van der Waals surface area contributed by atoms with Crippen molar-refractivity contribution in [1.29, 1.82) is 0 Å². The Labute approximate surface area is 191 Å². The molecule has 0 unspecified atom stereocenters. The molecule has 0 radical (unpaired) electrons. The molecular weight excluding hydrogens is 429 g/mol. The van der Waals surface area contributed by atoms with Crippen molar-refractivity contribution in [2.75, 3.05) is 19.0 Å². The fraction of sp³-hybridized carbons (Fsp3) is 0.280. The molecule has 32 heavy (non-hydrogen) atoms. The van der Waals surface area contributed by atoms with E-state index >= 15 is 0 Å². The molecule has 0 fully saturated rings. The van der Waals surface area contributed by atoms with E-state index in [0.717, 1.165) is 16.0 Å². The number of carbonyl (C=O) groups is 2. The summed E-state index contributed by atoms with van der Waals surface area (Å²) in [5, 5.41) is 3.15. The van der Waals surface area contributed by atoms with Crippen molar-refractivity contribution in [2.45, 2.75) is 33.6 Å². The summed E-state index contributed by atoms with van der Waals surface area (Å²) in [4.78, 5) is 26.0. The van der Waals surface area contributed by atoms with Crippen molar-refractivity contribution in [3.8, 4) is 16.9 Å². The molecule has 7 heteroatoms. The molecule has 3 rings (SSSR count). The van der Waals surface area contributed by atoms with Crippen molar-refractivity contribution < 1.29 is 23.5 Å². The minimum absolute atomic E-state index is 0.202. The summed E-state index contributed by atoms with van der Waals surface area (Å²) < 4.78 is 24.1. The first-order valence-electron chi connectivity index (χ1n) is 10.2. The van der Waals surface area contributed by atoms with Gasteiger partial charge in [-0.05, 0) is 54.7 Å². The van der Waals surface area contributed by atoms with Gasteiger partial charge in [-0.15, -0.1) is 11.3 Å². The normalized spacial score (nSPS) is 10.8. The molecule has 0 bridgehead atoms. The number of anilines is 1. The number of nitrogens with one attached hydrogen (secondary N) is 1. The minimum Gasteiger partial charge on any atom is -0.483 e. The van der Waals surface area contributed by atoms with Crippen LogP contribution >= 0.6 is 11.3 Å². The summed E-state index contributed by atoms with van der Waals surface area (Å²) in [6.07, 6.45) is 0. The largest absolute Gasteiger partial charge is 0.483 e. The van der Waals surface area contributed by atoms with Gasteiger partial charge in [-0.25, -0.2) is 9.18 Å². The Kier molecular flexibility index (Phi) is 7.30. The fourth-order valence-corrected chi connectivity index (χ4v) is 4.52. The van der Waals surface area contributed by atoms with Gasteiger partial charge in [-0.3, -0.25) is 4.79 Å². The van der Waals surface area contributed by atoms with Gasteiger partial charge in [0, 0.05) is 10.4 Å². The standard InChI is InChI=1S/C25H26FNO4S/c1-14(2)19-11-6-15(3)12-20(19)31-13-21(28)27-24-23(25(29)30-5)22(16(4)32-24)17-7-9-18(26)10-8-17/h6-12,14H,13H2,1-5H3,(H,27,28). The second-order valence-electron chi connectivity index (χ2n) is 7.77. The van der Waals surface area contributed by atoms with Crippen LogP contribution in [0.15, 0.2) is 42.5 Å². The van der Waals surface area contributed by atoms with Crippen LogP contribution < -0.4 is 10.1 Å². The third-order valence-corrected chi connectivity index (χ3v) is 6.03. The smallest absolute Gasteiger partial charge is 0.341 e. The lowest BCUT2D eigenvalue weighted by molar-refractivity contribution is -0.118. The lowest BCUT2D eigenvalue weighted by atomic mass is 10.0. The molecule has 1 aromatic heterocycles. The molecule has 1 heterocycles. The zero-order valence-corrected chi connectivity index (χ0v) is 19.6.